The third kappa shape index (κ3) is 3.36. The molecule has 1 amide bonds. The Labute approximate surface area is 139 Å². The highest BCUT2D eigenvalue weighted by molar-refractivity contribution is 5.81. The molecule has 1 unspecified atom stereocenters. The molecule has 24 heavy (non-hydrogen) atoms. The number of carboxylic acids is 1. The number of piperidine rings is 1. The molecule has 0 aromatic heterocycles. The average molecular weight is 337 g/mol. The first-order valence-corrected chi connectivity index (χ1v) is 8.05. The molecule has 2 aliphatic heterocycles. The third-order valence-corrected chi connectivity index (χ3v) is 4.68. The fourth-order valence-corrected chi connectivity index (χ4v) is 3.16. The van der Waals surface area contributed by atoms with Gasteiger partial charge in [0.05, 0.1) is 12.5 Å². The monoisotopic (exact) mass is 337 g/mol. The molecule has 7 heteroatoms. The second-order valence-electron chi connectivity index (χ2n) is 6.24. The smallest absolute Gasteiger partial charge is 0.348 e. The average Bonchev–Trinajstić information content (AvgIpc) is 3.11. The van der Waals surface area contributed by atoms with Crippen molar-refractivity contribution < 1.29 is 28.6 Å². The van der Waals surface area contributed by atoms with Crippen molar-refractivity contribution in [1.82, 2.24) is 4.90 Å². The minimum Gasteiger partial charge on any atom is -0.478 e. The number of rotatable bonds is 4. The number of halogens is 1. The molecule has 1 atom stereocenters. The summed E-state index contributed by atoms with van der Waals surface area (Å²) in [5.41, 5.74) is -1.39. The highest BCUT2D eigenvalue weighted by Gasteiger charge is 2.45. The van der Waals surface area contributed by atoms with Gasteiger partial charge < -0.3 is 19.5 Å². The molecule has 0 bridgehead atoms. The van der Waals surface area contributed by atoms with Crippen LogP contribution in [-0.4, -0.2) is 53.8 Å². The van der Waals surface area contributed by atoms with Crippen LogP contribution in [-0.2, 0) is 14.3 Å². The van der Waals surface area contributed by atoms with Crippen LogP contribution in [0.5, 0.6) is 5.75 Å². The third-order valence-electron chi connectivity index (χ3n) is 4.68. The zero-order valence-electron chi connectivity index (χ0n) is 13.2. The van der Waals surface area contributed by atoms with Crippen molar-refractivity contribution in [2.24, 2.45) is 5.92 Å². The molecule has 2 saturated heterocycles. The van der Waals surface area contributed by atoms with Gasteiger partial charge in [0.1, 0.15) is 11.6 Å². The summed E-state index contributed by atoms with van der Waals surface area (Å²) in [6.07, 6.45) is 1.10. The van der Waals surface area contributed by atoms with Crippen LogP contribution in [0.4, 0.5) is 4.39 Å². The molecule has 3 rings (SSSR count). The second-order valence-corrected chi connectivity index (χ2v) is 6.24. The molecule has 130 valence electrons. The summed E-state index contributed by atoms with van der Waals surface area (Å²) in [5.74, 6) is -1.27. The number of nitrogens with zero attached hydrogens (tertiary/aromatic N) is 1. The van der Waals surface area contributed by atoms with E-state index in [4.69, 9.17) is 9.47 Å². The van der Waals surface area contributed by atoms with Gasteiger partial charge in [0.2, 0.25) is 11.5 Å². The molecular weight excluding hydrogens is 317 g/mol. The van der Waals surface area contributed by atoms with E-state index in [2.05, 4.69) is 0 Å². The van der Waals surface area contributed by atoms with E-state index in [-0.39, 0.29) is 24.7 Å². The number of aliphatic carboxylic acids is 1. The summed E-state index contributed by atoms with van der Waals surface area (Å²) in [5, 5.41) is 9.62. The number of benzene rings is 1. The largest absolute Gasteiger partial charge is 0.478 e. The van der Waals surface area contributed by atoms with E-state index >= 15 is 0 Å². The van der Waals surface area contributed by atoms with E-state index in [1.807, 2.05) is 0 Å². The summed E-state index contributed by atoms with van der Waals surface area (Å²) in [6.45, 7) is 1.67. The number of amides is 1. The van der Waals surface area contributed by atoms with Gasteiger partial charge in [-0.25, -0.2) is 9.18 Å². The van der Waals surface area contributed by atoms with E-state index in [9.17, 15) is 19.1 Å². The lowest BCUT2D eigenvalue weighted by Gasteiger charge is -2.39. The van der Waals surface area contributed by atoms with Gasteiger partial charge in [0, 0.05) is 32.5 Å². The number of likely N-dealkylation sites (tertiary alicyclic amines) is 1. The SMILES string of the molecule is O=C(C1CCOC1)N1CCC(Oc2ccc(F)cc2)(C(=O)O)CC1. The predicted octanol–water partition coefficient (Wildman–Crippen LogP) is 1.69. The maximum absolute atomic E-state index is 13.0. The number of carboxylic acid groups (broad SMARTS) is 1. The Morgan fingerprint density at radius 1 is 1.25 bits per heavy atom. The van der Waals surface area contributed by atoms with E-state index in [0.29, 0.717) is 38.5 Å². The van der Waals surface area contributed by atoms with Gasteiger partial charge in [-0.2, -0.15) is 0 Å². The molecule has 1 N–H and O–H groups in total. The molecule has 1 aromatic carbocycles. The van der Waals surface area contributed by atoms with Gasteiger partial charge >= 0.3 is 5.97 Å². The zero-order chi connectivity index (χ0) is 17.2. The van der Waals surface area contributed by atoms with Crippen LogP contribution >= 0.6 is 0 Å². The Morgan fingerprint density at radius 3 is 2.46 bits per heavy atom. The summed E-state index contributed by atoms with van der Waals surface area (Å²) >= 11 is 0. The van der Waals surface area contributed by atoms with Crippen LogP contribution in [0.3, 0.4) is 0 Å². The van der Waals surface area contributed by atoms with Gasteiger partial charge in [-0.05, 0) is 30.7 Å². The number of ether oxygens (including phenoxy) is 2. The highest BCUT2D eigenvalue weighted by atomic mass is 19.1. The van der Waals surface area contributed by atoms with Crippen molar-refractivity contribution in [3.8, 4) is 5.75 Å². The molecule has 0 radical (unpaired) electrons. The Bertz CT molecular complexity index is 604. The quantitative estimate of drug-likeness (QED) is 0.905. The predicted molar refractivity (Wildman–Crippen MR) is 82.1 cm³/mol. The first-order chi connectivity index (χ1) is 11.5. The molecule has 6 nitrogen and oxygen atoms in total. The van der Waals surface area contributed by atoms with Crippen molar-refractivity contribution in [3.05, 3.63) is 30.1 Å². The van der Waals surface area contributed by atoms with E-state index in [0.717, 1.165) is 0 Å². The first kappa shape index (κ1) is 16.7. The summed E-state index contributed by atoms with van der Waals surface area (Å²) in [4.78, 5) is 25.8. The number of hydrogen-bond donors (Lipinski definition) is 1. The lowest BCUT2D eigenvalue weighted by molar-refractivity contribution is -0.162. The van der Waals surface area contributed by atoms with Gasteiger partial charge in [-0.3, -0.25) is 4.79 Å². The van der Waals surface area contributed by atoms with E-state index in [1.54, 1.807) is 4.90 Å². The Kier molecular flexibility index (Phi) is 4.71. The molecule has 0 aliphatic carbocycles. The van der Waals surface area contributed by atoms with Crippen molar-refractivity contribution >= 4 is 11.9 Å². The van der Waals surface area contributed by atoms with Crippen molar-refractivity contribution in [3.63, 3.8) is 0 Å². The van der Waals surface area contributed by atoms with Crippen LogP contribution in [0.1, 0.15) is 19.3 Å². The Balaban J connectivity index is 1.66. The van der Waals surface area contributed by atoms with Gasteiger partial charge in [-0.15, -0.1) is 0 Å². The summed E-state index contributed by atoms with van der Waals surface area (Å²) < 4.78 is 23.9. The first-order valence-electron chi connectivity index (χ1n) is 8.05. The minimum absolute atomic E-state index is 0.0215. The number of carbonyl (C=O) groups excluding carboxylic acids is 1. The molecule has 2 aliphatic rings. The lowest BCUT2D eigenvalue weighted by atomic mass is 9.90. The van der Waals surface area contributed by atoms with Gasteiger partial charge in [-0.1, -0.05) is 0 Å². The summed E-state index contributed by atoms with van der Waals surface area (Å²) in [6, 6.07) is 5.27. The van der Waals surface area contributed by atoms with Crippen molar-refractivity contribution in [1.29, 1.82) is 0 Å². The van der Waals surface area contributed by atoms with Crippen molar-refractivity contribution in [2.75, 3.05) is 26.3 Å². The molecular formula is C17H20FNO5. The fourth-order valence-electron chi connectivity index (χ4n) is 3.16. The normalized spacial score (nSPS) is 23.0. The number of hydrogen-bond acceptors (Lipinski definition) is 4. The molecule has 0 spiro atoms. The minimum atomic E-state index is -1.39. The molecule has 2 heterocycles. The van der Waals surface area contributed by atoms with E-state index < -0.39 is 17.4 Å². The lowest BCUT2D eigenvalue weighted by Crippen LogP contribution is -2.55. The Hall–Kier alpha value is -2.15. The molecule has 1 aromatic rings. The maximum atomic E-state index is 13.0. The van der Waals surface area contributed by atoms with E-state index in [1.165, 1.54) is 24.3 Å². The second kappa shape index (κ2) is 6.76. The number of carbonyl (C=O) groups is 2. The van der Waals surface area contributed by atoms with Crippen LogP contribution in [0.25, 0.3) is 0 Å². The topological polar surface area (TPSA) is 76.1 Å². The zero-order valence-corrected chi connectivity index (χ0v) is 13.2. The van der Waals surface area contributed by atoms with Crippen LogP contribution in [0.15, 0.2) is 24.3 Å². The standard InChI is InChI=1S/C17H20FNO5/c18-13-1-3-14(4-2-13)24-17(16(21)22)6-8-19(9-7-17)15(20)12-5-10-23-11-12/h1-4,12H,5-11H2,(H,21,22). The summed E-state index contributed by atoms with van der Waals surface area (Å²) in [7, 11) is 0. The molecule has 2 fully saturated rings. The van der Waals surface area contributed by atoms with Gasteiger partial charge in [0.25, 0.3) is 0 Å². The van der Waals surface area contributed by atoms with Crippen LogP contribution < -0.4 is 4.74 Å². The maximum Gasteiger partial charge on any atom is 0.348 e. The highest BCUT2D eigenvalue weighted by Crippen LogP contribution is 2.30. The Morgan fingerprint density at radius 2 is 1.92 bits per heavy atom. The fraction of sp³-hybridized carbons (Fsp3) is 0.529. The van der Waals surface area contributed by atoms with Crippen molar-refractivity contribution in [2.45, 2.75) is 24.9 Å². The van der Waals surface area contributed by atoms with Crippen LogP contribution in [0.2, 0.25) is 0 Å². The van der Waals surface area contributed by atoms with Crippen LogP contribution in [0, 0.1) is 11.7 Å². The molecule has 0 saturated carbocycles. The van der Waals surface area contributed by atoms with Gasteiger partial charge in [0.15, 0.2) is 0 Å².